The number of benzene rings is 1. The summed E-state index contributed by atoms with van der Waals surface area (Å²) in [6.07, 6.45) is 2.48. The van der Waals surface area contributed by atoms with Crippen molar-refractivity contribution in [3.05, 3.63) is 29.8 Å². The normalized spacial score (nSPS) is 27.1. The fourth-order valence-electron chi connectivity index (χ4n) is 3.37. The molecular weight excluding hydrogens is 222 g/mol. The topological polar surface area (TPSA) is 23.5 Å². The number of hydrogen-bond acceptors (Lipinski definition) is 2. The molecule has 2 rings (SSSR count). The minimum atomic E-state index is 0.356. The fraction of sp³-hybridized carbons (Fsp3) is 0.625. The summed E-state index contributed by atoms with van der Waals surface area (Å²) in [6, 6.07) is 8.22. The zero-order valence-electron chi connectivity index (χ0n) is 11.8. The van der Waals surface area contributed by atoms with E-state index in [1.807, 2.05) is 0 Å². The first-order valence-corrected chi connectivity index (χ1v) is 7.13. The number of phenols is 1. The van der Waals surface area contributed by atoms with Crippen LogP contribution in [0, 0.1) is 11.8 Å². The zero-order valence-corrected chi connectivity index (χ0v) is 11.8. The van der Waals surface area contributed by atoms with Gasteiger partial charge in [0, 0.05) is 19.1 Å². The molecule has 1 fully saturated rings. The van der Waals surface area contributed by atoms with Crippen LogP contribution < -0.4 is 0 Å². The van der Waals surface area contributed by atoms with Gasteiger partial charge in [0.25, 0.3) is 0 Å². The van der Waals surface area contributed by atoms with Crippen LogP contribution in [0.1, 0.15) is 45.2 Å². The number of nitrogens with zero attached hydrogens (tertiary/aromatic N) is 1. The van der Waals surface area contributed by atoms with Gasteiger partial charge in [-0.3, -0.25) is 4.90 Å². The second kappa shape index (κ2) is 5.75. The second-order valence-electron chi connectivity index (χ2n) is 5.92. The number of hydrogen-bond donors (Lipinski definition) is 1. The van der Waals surface area contributed by atoms with Gasteiger partial charge < -0.3 is 5.11 Å². The minimum Gasteiger partial charge on any atom is -0.508 e. The first-order valence-electron chi connectivity index (χ1n) is 7.13. The lowest BCUT2D eigenvalue weighted by atomic mass is 9.89. The Balaban J connectivity index is 2.14. The predicted molar refractivity (Wildman–Crippen MR) is 75.7 cm³/mol. The van der Waals surface area contributed by atoms with E-state index in [-0.39, 0.29) is 0 Å². The van der Waals surface area contributed by atoms with Crippen LogP contribution in [0.3, 0.4) is 0 Å². The summed E-state index contributed by atoms with van der Waals surface area (Å²) in [7, 11) is 0. The number of piperidine rings is 1. The lowest BCUT2D eigenvalue weighted by molar-refractivity contribution is 0.0928. The number of likely N-dealkylation sites (tertiary alicyclic amines) is 1. The van der Waals surface area contributed by atoms with E-state index in [4.69, 9.17) is 0 Å². The van der Waals surface area contributed by atoms with Crippen LogP contribution in [-0.4, -0.2) is 23.1 Å². The average molecular weight is 247 g/mol. The van der Waals surface area contributed by atoms with Crippen molar-refractivity contribution in [2.24, 2.45) is 11.8 Å². The van der Waals surface area contributed by atoms with Gasteiger partial charge in [-0.15, -0.1) is 0 Å². The average Bonchev–Trinajstić information content (AvgIpc) is 2.31. The molecule has 100 valence electrons. The Kier molecular flexibility index (Phi) is 4.28. The molecular formula is C16H25NO. The molecule has 1 saturated heterocycles. The molecule has 0 amide bonds. The molecule has 1 aromatic carbocycles. The molecule has 0 radical (unpaired) electrons. The maximum atomic E-state index is 9.39. The van der Waals surface area contributed by atoms with Crippen molar-refractivity contribution in [2.75, 3.05) is 13.1 Å². The summed E-state index contributed by atoms with van der Waals surface area (Å²) < 4.78 is 0. The molecule has 3 atom stereocenters. The van der Waals surface area contributed by atoms with Gasteiger partial charge in [0.2, 0.25) is 0 Å². The molecule has 1 aromatic rings. The molecule has 3 unspecified atom stereocenters. The Hall–Kier alpha value is -1.02. The fourth-order valence-corrected chi connectivity index (χ4v) is 3.37. The highest BCUT2D eigenvalue weighted by atomic mass is 16.3. The summed E-state index contributed by atoms with van der Waals surface area (Å²) in [5, 5.41) is 9.39. The molecule has 18 heavy (non-hydrogen) atoms. The molecule has 0 aromatic heterocycles. The first-order chi connectivity index (χ1) is 8.60. The van der Waals surface area contributed by atoms with E-state index in [1.165, 1.54) is 25.1 Å². The van der Waals surface area contributed by atoms with E-state index in [2.05, 4.69) is 37.8 Å². The van der Waals surface area contributed by atoms with E-state index in [0.717, 1.165) is 18.3 Å². The van der Waals surface area contributed by atoms with E-state index in [0.29, 0.717) is 11.8 Å². The molecule has 0 aliphatic carbocycles. The largest absolute Gasteiger partial charge is 0.508 e. The van der Waals surface area contributed by atoms with Gasteiger partial charge in [0.05, 0.1) is 0 Å². The minimum absolute atomic E-state index is 0.356. The Morgan fingerprint density at radius 2 is 1.72 bits per heavy atom. The van der Waals surface area contributed by atoms with E-state index in [1.54, 1.807) is 12.1 Å². The third kappa shape index (κ3) is 3.05. The first kappa shape index (κ1) is 13.4. The van der Waals surface area contributed by atoms with Crippen molar-refractivity contribution in [3.63, 3.8) is 0 Å². The van der Waals surface area contributed by atoms with Gasteiger partial charge in [-0.05, 0) is 42.4 Å². The monoisotopic (exact) mass is 247 g/mol. The van der Waals surface area contributed by atoms with Crippen LogP contribution in [0.5, 0.6) is 5.75 Å². The van der Waals surface area contributed by atoms with Crippen molar-refractivity contribution in [2.45, 2.75) is 39.7 Å². The van der Waals surface area contributed by atoms with Gasteiger partial charge in [0.15, 0.2) is 0 Å². The van der Waals surface area contributed by atoms with E-state index in [9.17, 15) is 5.11 Å². The van der Waals surface area contributed by atoms with Crippen LogP contribution >= 0.6 is 0 Å². The number of phenolic OH excluding ortho intramolecular Hbond substituents is 1. The molecule has 0 bridgehead atoms. The third-order valence-electron chi connectivity index (χ3n) is 4.00. The summed E-state index contributed by atoms with van der Waals surface area (Å²) in [5.74, 6) is 1.94. The summed E-state index contributed by atoms with van der Waals surface area (Å²) in [4.78, 5) is 2.62. The van der Waals surface area contributed by atoms with Crippen molar-refractivity contribution in [1.82, 2.24) is 4.90 Å². The highest BCUT2D eigenvalue weighted by molar-refractivity contribution is 5.28. The lowest BCUT2D eigenvalue weighted by Gasteiger charge is -2.40. The number of rotatable bonds is 3. The lowest BCUT2D eigenvalue weighted by Crippen LogP contribution is -2.40. The van der Waals surface area contributed by atoms with Gasteiger partial charge in [-0.25, -0.2) is 0 Å². The smallest absolute Gasteiger partial charge is 0.115 e. The van der Waals surface area contributed by atoms with Crippen LogP contribution in [0.15, 0.2) is 24.3 Å². The molecule has 1 aliphatic rings. The highest BCUT2D eigenvalue weighted by Crippen LogP contribution is 2.31. The van der Waals surface area contributed by atoms with Crippen LogP contribution in [0.4, 0.5) is 0 Å². The van der Waals surface area contributed by atoms with Crippen LogP contribution in [-0.2, 0) is 0 Å². The Labute approximate surface area is 111 Å². The van der Waals surface area contributed by atoms with Crippen LogP contribution in [0.25, 0.3) is 0 Å². The summed E-state index contributed by atoms with van der Waals surface area (Å²) >= 11 is 0. The molecule has 0 spiro atoms. The summed E-state index contributed by atoms with van der Waals surface area (Å²) in [6.45, 7) is 9.35. The summed E-state index contributed by atoms with van der Waals surface area (Å²) in [5.41, 5.74) is 1.33. The zero-order chi connectivity index (χ0) is 13.1. The maximum Gasteiger partial charge on any atom is 0.115 e. The standard InChI is InChI=1S/C16H25NO/c1-4-16(14-5-7-15(18)8-6-14)17-10-12(2)9-13(3)11-17/h5-8,12-13,16,18H,4,9-11H2,1-3H3. The molecule has 0 saturated carbocycles. The van der Waals surface area contributed by atoms with E-state index < -0.39 is 0 Å². The van der Waals surface area contributed by atoms with Gasteiger partial charge >= 0.3 is 0 Å². The Bertz CT molecular complexity index is 363. The van der Waals surface area contributed by atoms with Gasteiger partial charge in [-0.1, -0.05) is 32.9 Å². The van der Waals surface area contributed by atoms with E-state index >= 15 is 0 Å². The molecule has 2 heteroatoms. The molecule has 2 nitrogen and oxygen atoms in total. The van der Waals surface area contributed by atoms with Crippen molar-refractivity contribution >= 4 is 0 Å². The quantitative estimate of drug-likeness (QED) is 0.877. The van der Waals surface area contributed by atoms with Gasteiger partial charge in [0.1, 0.15) is 5.75 Å². The SMILES string of the molecule is CCC(c1ccc(O)cc1)N1CC(C)CC(C)C1. The third-order valence-corrected chi connectivity index (χ3v) is 4.00. The Morgan fingerprint density at radius 3 is 2.22 bits per heavy atom. The molecule has 1 heterocycles. The van der Waals surface area contributed by atoms with Crippen molar-refractivity contribution in [1.29, 1.82) is 0 Å². The second-order valence-corrected chi connectivity index (χ2v) is 5.92. The Morgan fingerprint density at radius 1 is 1.17 bits per heavy atom. The highest BCUT2D eigenvalue weighted by Gasteiger charge is 2.27. The van der Waals surface area contributed by atoms with Crippen LogP contribution in [0.2, 0.25) is 0 Å². The van der Waals surface area contributed by atoms with Crippen molar-refractivity contribution in [3.8, 4) is 5.75 Å². The maximum absolute atomic E-state index is 9.39. The van der Waals surface area contributed by atoms with Crippen molar-refractivity contribution < 1.29 is 5.11 Å². The predicted octanol–water partition coefficient (Wildman–Crippen LogP) is 3.82. The molecule has 1 N–H and O–H groups in total. The molecule has 1 aliphatic heterocycles. The van der Waals surface area contributed by atoms with Gasteiger partial charge in [-0.2, -0.15) is 0 Å². The number of aromatic hydroxyl groups is 1.